The quantitative estimate of drug-likeness (QED) is 0.540. The molecule has 1 aliphatic heterocycles. The molecule has 3 unspecified atom stereocenters. The van der Waals surface area contributed by atoms with E-state index in [1.807, 2.05) is 37.3 Å². The van der Waals surface area contributed by atoms with Gasteiger partial charge >= 0.3 is 0 Å². The molecule has 5 atom stereocenters. The Hall–Kier alpha value is -1.80. The molecule has 1 aliphatic rings. The standard InChI is InChI=1S/C22H24O5S/c1-12-6-7-14(22-21(26)20(25)19(24)17(11-23)27-22)8-15(12)10-16-9-13-4-2-3-5-18(13)28-16/h2-9,17,19-26H,10-11H2,1H3/t17?,19-,20?,21-,22?/m1/s1. The van der Waals surface area contributed by atoms with Crippen molar-refractivity contribution >= 4 is 21.4 Å². The van der Waals surface area contributed by atoms with E-state index in [0.29, 0.717) is 0 Å². The Morgan fingerprint density at radius 1 is 0.964 bits per heavy atom. The van der Waals surface area contributed by atoms with E-state index in [0.717, 1.165) is 23.1 Å². The third kappa shape index (κ3) is 3.59. The van der Waals surface area contributed by atoms with Gasteiger partial charge in [-0.3, -0.25) is 0 Å². The van der Waals surface area contributed by atoms with Crippen molar-refractivity contribution in [3.63, 3.8) is 0 Å². The van der Waals surface area contributed by atoms with E-state index in [9.17, 15) is 20.4 Å². The summed E-state index contributed by atoms with van der Waals surface area (Å²) < 4.78 is 6.95. The summed E-state index contributed by atoms with van der Waals surface area (Å²) in [6.45, 7) is 1.61. The summed E-state index contributed by atoms with van der Waals surface area (Å²) in [5.74, 6) is 0. The van der Waals surface area contributed by atoms with Crippen LogP contribution in [0.15, 0.2) is 48.5 Å². The SMILES string of the molecule is Cc1ccc(C2OC(CO)[C@@H](O)C(O)[C@H]2O)cc1Cc1cc2ccccc2s1. The molecule has 0 radical (unpaired) electrons. The Kier molecular flexibility index (Phi) is 5.51. The molecule has 28 heavy (non-hydrogen) atoms. The van der Waals surface area contributed by atoms with E-state index in [1.165, 1.54) is 15.0 Å². The molecule has 0 aliphatic carbocycles. The monoisotopic (exact) mass is 400 g/mol. The van der Waals surface area contributed by atoms with Gasteiger partial charge in [0, 0.05) is 16.0 Å². The molecule has 1 fully saturated rings. The lowest BCUT2D eigenvalue weighted by molar-refractivity contribution is -0.231. The molecule has 1 aromatic heterocycles. The first kappa shape index (κ1) is 19.5. The smallest absolute Gasteiger partial charge is 0.113 e. The maximum atomic E-state index is 10.4. The highest BCUT2D eigenvalue weighted by atomic mass is 32.1. The molecule has 0 spiro atoms. The number of fused-ring (bicyclic) bond motifs is 1. The predicted octanol–water partition coefficient (Wildman–Crippen LogP) is 2.32. The van der Waals surface area contributed by atoms with Crippen molar-refractivity contribution in [3.05, 3.63) is 70.1 Å². The van der Waals surface area contributed by atoms with Crippen LogP contribution in [0.5, 0.6) is 0 Å². The minimum absolute atomic E-state index is 0.429. The average Bonchev–Trinajstić information content (AvgIpc) is 3.11. The lowest BCUT2D eigenvalue weighted by atomic mass is 9.89. The number of rotatable bonds is 4. The van der Waals surface area contributed by atoms with Crippen LogP contribution in [-0.2, 0) is 11.2 Å². The molecule has 0 bridgehead atoms. The van der Waals surface area contributed by atoms with Gasteiger partial charge < -0.3 is 25.2 Å². The van der Waals surface area contributed by atoms with Crippen LogP contribution in [0.25, 0.3) is 10.1 Å². The Bertz CT molecular complexity index is 933. The molecule has 6 heteroatoms. The van der Waals surface area contributed by atoms with E-state index >= 15 is 0 Å². The van der Waals surface area contributed by atoms with Gasteiger partial charge in [-0.1, -0.05) is 36.4 Å². The van der Waals surface area contributed by atoms with E-state index in [-0.39, 0.29) is 0 Å². The maximum absolute atomic E-state index is 10.4. The summed E-state index contributed by atoms with van der Waals surface area (Å²) in [7, 11) is 0. The normalized spacial score (nSPS) is 28.0. The zero-order valence-electron chi connectivity index (χ0n) is 15.5. The number of hydrogen-bond acceptors (Lipinski definition) is 6. The van der Waals surface area contributed by atoms with Crippen molar-refractivity contribution in [2.75, 3.05) is 6.61 Å². The van der Waals surface area contributed by atoms with Gasteiger partial charge in [-0.05, 0) is 41.1 Å². The lowest BCUT2D eigenvalue weighted by Crippen LogP contribution is -2.55. The fourth-order valence-electron chi connectivity index (χ4n) is 3.75. The van der Waals surface area contributed by atoms with E-state index in [2.05, 4.69) is 18.2 Å². The highest BCUT2D eigenvalue weighted by molar-refractivity contribution is 7.19. The van der Waals surface area contributed by atoms with Crippen molar-refractivity contribution in [3.8, 4) is 0 Å². The van der Waals surface area contributed by atoms with Crippen molar-refractivity contribution in [2.24, 2.45) is 0 Å². The summed E-state index contributed by atoms with van der Waals surface area (Å²) in [5, 5.41) is 41.1. The Morgan fingerprint density at radius 2 is 1.75 bits per heavy atom. The molecule has 1 saturated heterocycles. The summed E-state index contributed by atoms with van der Waals surface area (Å²) in [6.07, 6.45) is -4.94. The Morgan fingerprint density at radius 3 is 2.50 bits per heavy atom. The van der Waals surface area contributed by atoms with Crippen molar-refractivity contribution in [2.45, 2.75) is 43.9 Å². The third-order valence-corrected chi connectivity index (χ3v) is 6.55. The molecule has 2 aromatic carbocycles. The van der Waals surface area contributed by atoms with Crippen molar-refractivity contribution in [1.82, 2.24) is 0 Å². The summed E-state index contributed by atoms with van der Waals surface area (Å²) in [5.41, 5.74) is 2.96. The molecule has 4 rings (SSSR count). The Labute approximate surface area is 167 Å². The largest absolute Gasteiger partial charge is 0.394 e. The first-order valence-electron chi connectivity index (χ1n) is 9.35. The second-order valence-electron chi connectivity index (χ2n) is 7.36. The third-order valence-electron chi connectivity index (χ3n) is 5.44. The molecule has 0 saturated carbocycles. The maximum Gasteiger partial charge on any atom is 0.113 e. The van der Waals surface area contributed by atoms with E-state index < -0.39 is 37.1 Å². The van der Waals surface area contributed by atoms with Crippen LogP contribution in [0.1, 0.15) is 27.7 Å². The van der Waals surface area contributed by atoms with Gasteiger partial charge in [0.15, 0.2) is 0 Å². The van der Waals surface area contributed by atoms with Crippen LogP contribution in [-0.4, -0.2) is 51.4 Å². The molecule has 3 aromatic rings. The van der Waals surface area contributed by atoms with E-state index in [1.54, 1.807) is 11.3 Å². The summed E-state index contributed by atoms with van der Waals surface area (Å²) in [4.78, 5) is 1.25. The second-order valence-corrected chi connectivity index (χ2v) is 8.53. The number of aryl methyl sites for hydroxylation is 1. The van der Waals surface area contributed by atoms with Gasteiger partial charge in [-0.15, -0.1) is 11.3 Å². The van der Waals surface area contributed by atoms with Gasteiger partial charge in [0.05, 0.1) is 6.61 Å². The molecule has 148 valence electrons. The second kappa shape index (κ2) is 7.91. The summed E-state index contributed by atoms with van der Waals surface area (Å²) in [6, 6.07) is 16.3. The topological polar surface area (TPSA) is 90.2 Å². The molecular weight excluding hydrogens is 376 g/mol. The number of aliphatic hydroxyl groups is 4. The van der Waals surface area contributed by atoms with Gasteiger partial charge in [0.25, 0.3) is 0 Å². The molecular formula is C22H24O5S. The summed E-state index contributed by atoms with van der Waals surface area (Å²) >= 11 is 1.76. The minimum Gasteiger partial charge on any atom is -0.394 e. The average molecular weight is 400 g/mol. The predicted molar refractivity (Wildman–Crippen MR) is 109 cm³/mol. The fraction of sp³-hybridized carbons (Fsp3) is 0.364. The van der Waals surface area contributed by atoms with Gasteiger partial charge in [-0.2, -0.15) is 0 Å². The van der Waals surface area contributed by atoms with Crippen LogP contribution in [0.4, 0.5) is 0 Å². The molecule has 4 N–H and O–H groups in total. The first-order valence-corrected chi connectivity index (χ1v) is 10.2. The Balaban J connectivity index is 1.63. The fourth-order valence-corrected chi connectivity index (χ4v) is 4.84. The molecule has 0 amide bonds. The number of aliphatic hydroxyl groups excluding tert-OH is 4. The lowest BCUT2D eigenvalue weighted by Gasteiger charge is -2.40. The van der Waals surface area contributed by atoms with Crippen LogP contribution in [0.2, 0.25) is 0 Å². The molecule has 5 nitrogen and oxygen atoms in total. The number of thiophene rings is 1. The van der Waals surface area contributed by atoms with E-state index in [4.69, 9.17) is 4.74 Å². The highest BCUT2D eigenvalue weighted by Crippen LogP contribution is 2.34. The van der Waals surface area contributed by atoms with Crippen LogP contribution in [0, 0.1) is 6.92 Å². The van der Waals surface area contributed by atoms with Crippen LogP contribution in [0.3, 0.4) is 0 Å². The van der Waals surface area contributed by atoms with Crippen LogP contribution >= 0.6 is 11.3 Å². The van der Waals surface area contributed by atoms with Gasteiger partial charge in [0.2, 0.25) is 0 Å². The molecule has 2 heterocycles. The zero-order chi connectivity index (χ0) is 19.8. The highest BCUT2D eigenvalue weighted by Gasteiger charge is 2.43. The number of benzene rings is 2. The van der Waals surface area contributed by atoms with Gasteiger partial charge in [-0.25, -0.2) is 0 Å². The zero-order valence-corrected chi connectivity index (χ0v) is 16.3. The van der Waals surface area contributed by atoms with Gasteiger partial charge in [0.1, 0.15) is 30.5 Å². The number of hydrogen-bond donors (Lipinski definition) is 4. The minimum atomic E-state index is -1.37. The van der Waals surface area contributed by atoms with Crippen molar-refractivity contribution < 1.29 is 25.2 Å². The van der Waals surface area contributed by atoms with Crippen molar-refractivity contribution in [1.29, 1.82) is 0 Å². The number of ether oxygens (including phenoxy) is 1. The van der Waals surface area contributed by atoms with Crippen LogP contribution < -0.4 is 0 Å². The first-order chi connectivity index (χ1) is 13.5.